The maximum Gasteiger partial charge on any atom is 0.218 e. The fourth-order valence-corrected chi connectivity index (χ4v) is 4.32. The molecule has 16 heavy (non-hydrogen) atoms. The lowest BCUT2D eigenvalue weighted by Crippen LogP contribution is -2.48. The van der Waals surface area contributed by atoms with Crippen molar-refractivity contribution >= 4 is 10.0 Å². The molecule has 2 aliphatic rings. The molecule has 0 spiro atoms. The lowest BCUT2D eigenvalue weighted by Gasteiger charge is -2.31. The van der Waals surface area contributed by atoms with Crippen molar-refractivity contribution in [3.63, 3.8) is 0 Å². The predicted molar refractivity (Wildman–Crippen MR) is 64.8 cm³/mol. The average Bonchev–Trinajstić information content (AvgIpc) is 3.12. The molecule has 0 aromatic carbocycles. The predicted octanol–water partition coefficient (Wildman–Crippen LogP) is 0.799. The van der Waals surface area contributed by atoms with Crippen molar-refractivity contribution in [1.82, 2.24) is 9.62 Å². The van der Waals surface area contributed by atoms with Crippen molar-refractivity contribution in [2.24, 2.45) is 5.92 Å². The molecule has 0 radical (unpaired) electrons. The van der Waals surface area contributed by atoms with Gasteiger partial charge in [-0.05, 0) is 45.1 Å². The lowest BCUT2D eigenvalue weighted by atomic mass is 10.2. The van der Waals surface area contributed by atoms with E-state index in [0.29, 0.717) is 12.5 Å². The Morgan fingerprint density at radius 2 is 2.00 bits per heavy atom. The molecule has 0 amide bonds. The Hall–Kier alpha value is -0.130. The van der Waals surface area contributed by atoms with Crippen molar-refractivity contribution in [2.45, 2.75) is 43.9 Å². The summed E-state index contributed by atoms with van der Waals surface area (Å²) in [5, 5.41) is 2.96. The van der Waals surface area contributed by atoms with Crippen molar-refractivity contribution in [3.05, 3.63) is 0 Å². The van der Waals surface area contributed by atoms with Crippen LogP contribution in [0.15, 0.2) is 0 Å². The Bertz CT molecular complexity index is 332. The quantitative estimate of drug-likeness (QED) is 0.798. The smallest absolute Gasteiger partial charge is 0.218 e. The van der Waals surface area contributed by atoms with Crippen LogP contribution in [0.1, 0.15) is 32.6 Å². The minimum absolute atomic E-state index is 0.173. The molecule has 1 N–H and O–H groups in total. The Morgan fingerprint density at radius 3 is 2.50 bits per heavy atom. The van der Waals surface area contributed by atoms with Gasteiger partial charge in [-0.15, -0.1) is 0 Å². The molecule has 4 nitrogen and oxygen atoms in total. The van der Waals surface area contributed by atoms with Gasteiger partial charge in [0.2, 0.25) is 10.0 Å². The maximum absolute atomic E-state index is 12.3. The summed E-state index contributed by atoms with van der Waals surface area (Å²) in [5.41, 5.74) is 0. The summed E-state index contributed by atoms with van der Waals surface area (Å²) < 4.78 is 26.3. The molecule has 1 aliphatic heterocycles. The van der Waals surface area contributed by atoms with Crippen LogP contribution in [0.25, 0.3) is 0 Å². The zero-order valence-corrected chi connectivity index (χ0v) is 11.0. The number of nitrogens with zero attached hydrogens (tertiary/aromatic N) is 1. The van der Waals surface area contributed by atoms with Crippen LogP contribution in [0.5, 0.6) is 0 Å². The molecule has 2 unspecified atom stereocenters. The summed E-state index contributed by atoms with van der Waals surface area (Å²) in [6, 6.07) is 0.173. The molecule has 94 valence electrons. The van der Waals surface area contributed by atoms with Crippen molar-refractivity contribution in [3.8, 4) is 0 Å². The molecule has 1 heterocycles. The fraction of sp³-hybridized carbons (Fsp3) is 1.00. The second kappa shape index (κ2) is 4.63. The first-order chi connectivity index (χ1) is 7.53. The van der Waals surface area contributed by atoms with Crippen LogP contribution in [-0.4, -0.2) is 44.2 Å². The normalized spacial score (nSPS) is 29.3. The highest BCUT2D eigenvalue weighted by atomic mass is 32.2. The second-order valence-corrected chi connectivity index (χ2v) is 7.38. The van der Waals surface area contributed by atoms with E-state index in [1.54, 1.807) is 11.4 Å². The van der Waals surface area contributed by atoms with E-state index in [0.717, 1.165) is 19.4 Å². The molecular weight excluding hydrogens is 224 g/mol. The Balaban J connectivity index is 2.04. The van der Waals surface area contributed by atoms with Crippen LogP contribution in [0.3, 0.4) is 0 Å². The van der Waals surface area contributed by atoms with Gasteiger partial charge in [0.1, 0.15) is 0 Å². The number of piperidine rings is 1. The van der Waals surface area contributed by atoms with Gasteiger partial charge >= 0.3 is 0 Å². The highest BCUT2D eigenvalue weighted by Gasteiger charge is 2.39. The van der Waals surface area contributed by atoms with E-state index < -0.39 is 10.0 Å². The molecule has 1 aliphatic carbocycles. The van der Waals surface area contributed by atoms with Gasteiger partial charge in [-0.3, -0.25) is 0 Å². The minimum atomic E-state index is -3.10. The topological polar surface area (TPSA) is 49.4 Å². The van der Waals surface area contributed by atoms with Crippen LogP contribution in [0, 0.1) is 5.92 Å². The molecule has 2 fully saturated rings. The highest BCUT2D eigenvalue weighted by molar-refractivity contribution is 7.89. The van der Waals surface area contributed by atoms with Crippen molar-refractivity contribution in [2.75, 3.05) is 20.1 Å². The fourth-order valence-electron chi connectivity index (χ4n) is 2.42. The number of hydrogen-bond acceptors (Lipinski definition) is 3. The van der Waals surface area contributed by atoms with E-state index in [1.165, 1.54) is 12.8 Å². The molecule has 0 aromatic heterocycles. The van der Waals surface area contributed by atoms with Gasteiger partial charge in [0.05, 0.1) is 5.25 Å². The Labute approximate surface area is 98.4 Å². The van der Waals surface area contributed by atoms with E-state index in [1.807, 2.05) is 6.92 Å². The Kier molecular flexibility index (Phi) is 3.56. The Morgan fingerprint density at radius 1 is 1.31 bits per heavy atom. The van der Waals surface area contributed by atoms with E-state index >= 15 is 0 Å². The average molecular weight is 246 g/mol. The zero-order chi connectivity index (χ0) is 11.8. The molecule has 0 aromatic rings. The summed E-state index contributed by atoms with van der Waals surface area (Å²) in [4.78, 5) is 0. The van der Waals surface area contributed by atoms with Crippen LogP contribution in [0.4, 0.5) is 0 Å². The van der Waals surface area contributed by atoms with Gasteiger partial charge in [0.15, 0.2) is 0 Å². The summed E-state index contributed by atoms with van der Waals surface area (Å²) >= 11 is 0. The third kappa shape index (κ3) is 2.41. The third-order valence-electron chi connectivity index (χ3n) is 3.95. The standard InChI is InChI=1S/C11H22N2O2S/c1-9(10-5-6-10)13(2)16(14,15)11-4-3-7-12-8-11/h9-12H,3-8H2,1-2H3. The molecule has 2 atom stereocenters. The first-order valence-corrected chi connectivity index (χ1v) is 7.71. The van der Waals surface area contributed by atoms with Gasteiger partial charge in [-0.1, -0.05) is 0 Å². The van der Waals surface area contributed by atoms with Gasteiger partial charge in [0.25, 0.3) is 0 Å². The van der Waals surface area contributed by atoms with Crippen LogP contribution >= 0.6 is 0 Å². The highest BCUT2D eigenvalue weighted by Crippen LogP contribution is 2.36. The monoisotopic (exact) mass is 246 g/mol. The largest absolute Gasteiger partial charge is 0.315 e. The maximum atomic E-state index is 12.3. The SMILES string of the molecule is CC(C1CC1)N(C)S(=O)(=O)C1CCCNC1. The third-order valence-corrected chi connectivity index (χ3v) is 6.33. The zero-order valence-electron chi connectivity index (χ0n) is 10.1. The lowest BCUT2D eigenvalue weighted by molar-refractivity contribution is 0.345. The van der Waals surface area contributed by atoms with E-state index in [9.17, 15) is 8.42 Å². The van der Waals surface area contributed by atoms with Gasteiger partial charge in [0, 0.05) is 19.6 Å². The van der Waals surface area contributed by atoms with Crippen molar-refractivity contribution in [1.29, 1.82) is 0 Å². The number of rotatable bonds is 4. The number of nitrogens with one attached hydrogen (secondary N) is 1. The van der Waals surface area contributed by atoms with Gasteiger partial charge in [-0.25, -0.2) is 12.7 Å². The molecule has 1 saturated carbocycles. The van der Waals surface area contributed by atoms with E-state index in [2.05, 4.69) is 5.32 Å². The number of sulfonamides is 1. The first-order valence-electron chi connectivity index (χ1n) is 6.21. The second-order valence-electron chi connectivity index (χ2n) is 5.11. The van der Waals surface area contributed by atoms with Gasteiger partial charge < -0.3 is 5.32 Å². The summed E-state index contributed by atoms with van der Waals surface area (Å²) in [6.45, 7) is 3.60. The molecule has 0 bridgehead atoms. The molecule has 1 saturated heterocycles. The van der Waals surface area contributed by atoms with E-state index in [-0.39, 0.29) is 11.3 Å². The molecular formula is C11H22N2O2S. The van der Waals surface area contributed by atoms with Crippen LogP contribution < -0.4 is 5.32 Å². The summed E-state index contributed by atoms with van der Waals surface area (Å²) in [6.07, 6.45) is 4.14. The number of hydrogen-bond donors (Lipinski definition) is 1. The van der Waals surface area contributed by atoms with Crippen LogP contribution in [0.2, 0.25) is 0 Å². The minimum Gasteiger partial charge on any atom is -0.315 e. The summed E-state index contributed by atoms with van der Waals surface area (Å²) in [5.74, 6) is 0.594. The van der Waals surface area contributed by atoms with Crippen molar-refractivity contribution < 1.29 is 8.42 Å². The molecule has 5 heteroatoms. The first kappa shape index (κ1) is 12.3. The van der Waals surface area contributed by atoms with Crippen LogP contribution in [-0.2, 0) is 10.0 Å². The van der Waals surface area contributed by atoms with E-state index in [4.69, 9.17) is 0 Å². The summed E-state index contributed by atoms with van der Waals surface area (Å²) in [7, 11) is -1.35. The van der Waals surface area contributed by atoms with Gasteiger partial charge in [-0.2, -0.15) is 0 Å². The molecule has 2 rings (SSSR count).